The van der Waals surface area contributed by atoms with Gasteiger partial charge in [0.15, 0.2) is 0 Å². The minimum absolute atomic E-state index is 0.0754. The molecule has 0 aromatic rings. The van der Waals surface area contributed by atoms with E-state index in [0.29, 0.717) is 4.99 Å². The molecule has 3 N–H and O–H groups in total. The van der Waals surface area contributed by atoms with Gasteiger partial charge in [-0.2, -0.15) is 0 Å². The van der Waals surface area contributed by atoms with Crippen LogP contribution in [0, 0.1) is 0 Å². The molecule has 0 aromatic heterocycles. The second kappa shape index (κ2) is 5.91. The molecule has 1 rings (SSSR count). The Bertz CT molecular complexity index is 246. The van der Waals surface area contributed by atoms with E-state index in [1.54, 1.807) is 0 Å². The molecule has 1 heterocycles. The number of aliphatic hydroxyl groups excluding tert-OH is 1. The Morgan fingerprint density at radius 1 is 1.62 bits per heavy atom. The van der Waals surface area contributed by atoms with Gasteiger partial charge in [0.2, 0.25) is 0 Å². The number of nitrogens with two attached hydrogens (primary N) is 1. The molecule has 1 atom stereocenters. The lowest BCUT2D eigenvalue weighted by atomic mass is 10.0. The maximum Gasteiger partial charge on any atom is 0.0940 e. The van der Waals surface area contributed by atoms with Gasteiger partial charge in [0.25, 0.3) is 0 Å². The van der Waals surface area contributed by atoms with Crippen molar-refractivity contribution >= 4 is 17.2 Å². The highest BCUT2D eigenvalue weighted by Gasteiger charge is 2.32. The quantitative estimate of drug-likeness (QED) is 0.693. The summed E-state index contributed by atoms with van der Waals surface area (Å²) in [6.07, 6.45) is 1.69. The highest BCUT2D eigenvalue weighted by Crippen LogP contribution is 2.20. The number of thiocarbonyl (C=S) groups is 1. The number of hydrogen-bond acceptors (Lipinski definition) is 4. The predicted molar refractivity (Wildman–Crippen MR) is 68.5 cm³/mol. The van der Waals surface area contributed by atoms with E-state index in [4.69, 9.17) is 27.8 Å². The summed E-state index contributed by atoms with van der Waals surface area (Å²) in [7, 11) is 0. The minimum atomic E-state index is -0.186. The Hall–Kier alpha value is -0.230. The lowest BCUT2D eigenvalue weighted by Gasteiger charge is -2.42. The predicted octanol–water partition coefficient (Wildman–Crippen LogP) is 0.524. The summed E-state index contributed by atoms with van der Waals surface area (Å²) in [4.78, 5) is 2.88. The standard InChI is InChI=1S/C11H22N2O2S/c1-11(2)8-13(5-3-4-10(12)16)6-9(7-14)15-11/h9,14H,3-8H2,1-2H3,(H2,12,16). The van der Waals surface area contributed by atoms with Crippen LogP contribution in [0.25, 0.3) is 0 Å². The van der Waals surface area contributed by atoms with Crippen LogP contribution in [0.15, 0.2) is 0 Å². The lowest BCUT2D eigenvalue weighted by molar-refractivity contribution is -0.148. The average molecular weight is 246 g/mol. The van der Waals surface area contributed by atoms with Crippen molar-refractivity contribution in [3.8, 4) is 0 Å². The Morgan fingerprint density at radius 2 is 2.31 bits per heavy atom. The van der Waals surface area contributed by atoms with Crippen LogP contribution in [0.1, 0.15) is 26.7 Å². The summed E-state index contributed by atoms with van der Waals surface area (Å²) in [5, 5.41) is 9.16. The topological polar surface area (TPSA) is 58.7 Å². The number of aliphatic hydroxyl groups is 1. The fraction of sp³-hybridized carbons (Fsp3) is 0.909. The van der Waals surface area contributed by atoms with Gasteiger partial charge in [-0.3, -0.25) is 4.90 Å². The third kappa shape index (κ3) is 4.74. The number of rotatable bonds is 5. The SMILES string of the molecule is CC1(C)CN(CCCC(N)=S)CC(CO)O1. The zero-order chi connectivity index (χ0) is 12.2. The molecule has 0 radical (unpaired) electrons. The van der Waals surface area contributed by atoms with Gasteiger partial charge in [0, 0.05) is 13.1 Å². The molecule has 0 saturated carbocycles. The van der Waals surface area contributed by atoms with E-state index in [9.17, 15) is 0 Å². The molecule has 1 fully saturated rings. The molecule has 94 valence electrons. The van der Waals surface area contributed by atoms with Crippen molar-refractivity contribution in [3.63, 3.8) is 0 Å². The first-order valence-corrected chi connectivity index (χ1v) is 6.13. The molecular formula is C11H22N2O2S. The molecule has 1 saturated heterocycles. The van der Waals surface area contributed by atoms with E-state index < -0.39 is 0 Å². The van der Waals surface area contributed by atoms with Crippen molar-refractivity contribution in [1.29, 1.82) is 0 Å². The van der Waals surface area contributed by atoms with Crippen molar-refractivity contribution in [1.82, 2.24) is 4.90 Å². The molecule has 0 aromatic carbocycles. The number of ether oxygens (including phenoxy) is 1. The first-order chi connectivity index (χ1) is 7.43. The van der Waals surface area contributed by atoms with Crippen molar-refractivity contribution < 1.29 is 9.84 Å². The van der Waals surface area contributed by atoms with Crippen molar-refractivity contribution in [2.45, 2.75) is 38.4 Å². The number of morpholine rings is 1. The molecule has 1 unspecified atom stereocenters. The van der Waals surface area contributed by atoms with E-state index >= 15 is 0 Å². The van der Waals surface area contributed by atoms with Gasteiger partial charge in [0.05, 0.1) is 23.3 Å². The van der Waals surface area contributed by atoms with E-state index in [1.165, 1.54) is 0 Å². The van der Waals surface area contributed by atoms with Crippen molar-refractivity contribution in [3.05, 3.63) is 0 Å². The third-order valence-electron chi connectivity index (χ3n) is 2.65. The molecule has 0 aliphatic carbocycles. The van der Waals surface area contributed by atoms with Gasteiger partial charge < -0.3 is 15.6 Å². The van der Waals surface area contributed by atoms with Gasteiger partial charge >= 0.3 is 0 Å². The van der Waals surface area contributed by atoms with E-state index in [-0.39, 0.29) is 18.3 Å². The maximum atomic E-state index is 9.16. The Morgan fingerprint density at radius 3 is 2.88 bits per heavy atom. The average Bonchev–Trinajstić information content (AvgIpc) is 2.14. The monoisotopic (exact) mass is 246 g/mol. The maximum absolute atomic E-state index is 9.16. The van der Waals surface area contributed by atoms with Gasteiger partial charge in [-0.05, 0) is 33.2 Å². The largest absolute Gasteiger partial charge is 0.394 e. The lowest BCUT2D eigenvalue weighted by Crippen LogP contribution is -2.53. The van der Waals surface area contributed by atoms with Gasteiger partial charge in [0.1, 0.15) is 0 Å². The van der Waals surface area contributed by atoms with E-state index in [2.05, 4.69) is 18.7 Å². The van der Waals surface area contributed by atoms with Crippen molar-refractivity contribution in [2.75, 3.05) is 26.2 Å². The highest BCUT2D eigenvalue weighted by atomic mass is 32.1. The summed E-state index contributed by atoms with van der Waals surface area (Å²) >= 11 is 4.85. The van der Waals surface area contributed by atoms with E-state index in [0.717, 1.165) is 32.5 Å². The van der Waals surface area contributed by atoms with Crippen LogP contribution in [-0.2, 0) is 4.74 Å². The molecule has 4 nitrogen and oxygen atoms in total. The smallest absolute Gasteiger partial charge is 0.0940 e. The van der Waals surface area contributed by atoms with Crippen LogP contribution in [0.2, 0.25) is 0 Å². The first kappa shape index (κ1) is 13.8. The first-order valence-electron chi connectivity index (χ1n) is 5.72. The second-order valence-corrected chi connectivity index (χ2v) is 5.51. The molecule has 0 amide bonds. The Balaban J connectivity index is 2.38. The summed E-state index contributed by atoms with van der Waals surface area (Å²) < 4.78 is 5.74. The van der Waals surface area contributed by atoms with Gasteiger partial charge in [-0.25, -0.2) is 0 Å². The zero-order valence-electron chi connectivity index (χ0n) is 10.1. The summed E-state index contributed by atoms with van der Waals surface area (Å²) in [5.41, 5.74) is 5.28. The fourth-order valence-corrected chi connectivity index (χ4v) is 2.30. The van der Waals surface area contributed by atoms with Crippen LogP contribution in [0.5, 0.6) is 0 Å². The number of nitrogens with zero attached hydrogens (tertiary/aromatic N) is 1. The normalized spacial score (nSPS) is 25.6. The molecule has 0 bridgehead atoms. The van der Waals surface area contributed by atoms with Crippen LogP contribution < -0.4 is 5.73 Å². The van der Waals surface area contributed by atoms with E-state index in [1.807, 2.05) is 0 Å². The molecule has 1 aliphatic rings. The zero-order valence-corrected chi connectivity index (χ0v) is 10.9. The van der Waals surface area contributed by atoms with Crippen LogP contribution >= 0.6 is 12.2 Å². The molecule has 5 heteroatoms. The van der Waals surface area contributed by atoms with Crippen LogP contribution in [-0.4, -0.2) is 52.9 Å². The van der Waals surface area contributed by atoms with Crippen LogP contribution in [0.4, 0.5) is 0 Å². The number of hydrogen-bond donors (Lipinski definition) is 2. The molecular weight excluding hydrogens is 224 g/mol. The highest BCUT2D eigenvalue weighted by molar-refractivity contribution is 7.80. The fourth-order valence-electron chi connectivity index (χ4n) is 2.16. The molecule has 1 aliphatic heterocycles. The van der Waals surface area contributed by atoms with Gasteiger partial charge in [-0.15, -0.1) is 0 Å². The third-order valence-corrected chi connectivity index (χ3v) is 2.86. The summed E-state index contributed by atoms with van der Waals surface area (Å²) in [6, 6.07) is 0. The van der Waals surface area contributed by atoms with Gasteiger partial charge in [-0.1, -0.05) is 12.2 Å². The minimum Gasteiger partial charge on any atom is -0.394 e. The van der Waals surface area contributed by atoms with Crippen LogP contribution in [0.3, 0.4) is 0 Å². The summed E-state index contributed by atoms with van der Waals surface area (Å²) in [5.74, 6) is 0. The Labute approximate surface area is 103 Å². The molecule has 0 spiro atoms. The molecule has 16 heavy (non-hydrogen) atoms. The summed E-state index contributed by atoms with van der Waals surface area (Å²) in [6.45, 7) is 6.82. The van der Waals surface area contributed by atoms with Crippen molar-refractivity contribution in [2.24, 2.45) is 5.73 Å². The second-order valence-electron chi connectivity index (χ2n) is 4.99. The Kier molecular flexibility index (Phi) is 5.11.